The van der Waals surface area contributed by atoms with E-state index >= 15 is 0 Å². The minimum Gasteiger partial charge on any atom is -0.496 e. The number of anilines is 1. The number of aryl methyl sites for hydroxylation is 2. The van der Waals surface area contributed by atoms with Crippen LogP contribution in [0.2, 0.25) is 0 Å². The van der Waals surface area contributed by atoms with Gasteiger partial charge in [0, 0.05) is 12.2 Å². The van der Waals surface area contributed by atoms with Crippen LogP contribution in [0.15, 0.2) is 41.3 Å². The summed E-state index contributed by atoms with van der Waals surface area (Å²) >= 11 is 0. The Morgan fingerprint density at radius 1 is 1.11 bits per heavy atom. The first-order valence-electron chi connectivity index (χ1n) is 8.71. The van der Waals surface area contributed by atoms with E-state index in [1.807, 2.05) is 26.0 Å². The Labute approximate surface area is 161 Å². The fourth-order valence-electron chi connectivity index (χ4n) is 2.76. The number of nitrogens with zero attached hydrogens (tertiary/aromatic N) is 1. The fourth-order valence-corrected chi connectivity index (χ4v) is 4.25. The number of methoxy groups -OCH3 is 1. The molecule has 0 bridgehead atoms. The lowest BCUT2D eigenvalue weighted by molar-refractivity contribution is -0.116. The maximum absolute atomic E-state index is 12.9. The zero-order valence-electron chi connectivity index (χ0n) is 16.4. The second-order valence-corrected chi connectivity index (χ2v) is 8.30. The monoisotopic (exact) mass is 390 g/mol. The van der Waals surface area contributed by atoms with Gasteiger partial charge in [-0.15, -0.1) is 0 Å². The van der Waals surface area contributed by atoms with Gasteiger partial charge in [-0.3, -0.25) is 4.79 Å². The van der Waals surface area contributed by atoms with Crippen molar-refractivity contribution >= 4 is 21.6 Å². The number of carbonyl (C=O) groups excluding carboxylic acids is 1. The number of benzene rings is 2. The van der Waals surface area contributed by atoms with Gasteiger partial charge in [0.25, 0.3) is 0 Å². The molecule has 0 aromatic heterocycles. The average Bonchev–Trinajstić information content (AvgIpc) is 2.63. The maximum atomic E-state index is 12.9. The minimum atomic E-state index is -3.79. The van der Waals surface area contributed by atoms with Gasteiger partial charge in [0.05, 0.1) is 18.6 Å². The number of likely N-dealkylation sites (N-methyl/N-ethyl adjacent to an activating group) is 1. The topological polar surface area (TPSA) is 75.7 Å². The largest absolute Gasteiger partial charge is 0.496 e. The van der Waals surface area contributed by atoms with E-state index in [9.17, 15) is 13.2 Å². The second kappa shape index (κ2) is 8.54. The molecule has 0 spiro atoms. The van der Waals surface area contributed by atoms with Crippen molar-refractivity contribution in [2.75, 3.05) is 25.5 Å². The molecule has 2 aromatic rings. The van der Waals surface area contributed by atoms with Crippen LogP contribution in [0.25, 0.3) is 0 Å². The molecule has 2 aromatic carbocycles. The molecule has 0 saturated heterocycles. The van der Waals surface area contributed by atoms with Crippen LogP contribution in [0.3, 0.4) is 0 Å². The number of sulfonamides is 1. The summed E-state index contributed by atoms with van der Waals surface area (Å²) in [5.41, 5.74) is 3.42. The quantitative estimate of drug-likeness (QED) is 0.787. The van der Waals surface area contributed by atoms with E-state index in [1.165, 1.54) is 13.2 Å². The van der Waals surface area contributed by atoms with Crippen molar-refractivity contribution in [3.05, 3.63) is 53.1 Å². The van der Waals surface area contributed by atoms with Crippen molar-refractivity contribution in [2.45, 2.75) is 32.6 Å². The summed E-state index contributed by atoms with van der Waals surface area (Å²) in [6, 6.07) is 10.3. The van der Waals surface area contributed by atoms with Crippen LogP contribution in [0.1, 0.15) is 23.6 Å². The maximum Gasteiger partial charge on any atom is 0.243 e. The molecule has 27 heavy (non-hydrogen) atoms. The Hall–Kier alpha value is -2.38. The summed E-state index contributed by atoms with van der Waals surface area (Å²) in [5, 5.41) is 2.80. The predicted molar refractivity (Wildman–Crippen MR) is 107 cm³/mol. The molecule has 0 aliphatic heterocycles. The number of nitrogens with one attached hydrogen (secondary N) is 1. The van der Waals surface area contributed by atoms with Gasteiger partial charge >= 0.3 is 0 Å². The fraction of sp³-hybridized carbons (Fsp3) is 0.350. The van der Waals surface area contributed by atoms with Crippen LogP contribution >= 0.6 is 0 Å². The van der Waals surface area contributed by atoms with Gasteiger partial charge in [0.15, 0.2) is 0 Å². The van der Waals surface area contributed by atoms with Crippen molar-refractivity contribution in [3.8, 4) is 5.75 Å². The molecular weight excluding hydrogens is 364 g/mol. The summed E-state index contributed by atoms with van der Waals surface area (Å²) in [6.07, 6.45) is 0. The van der Waals surface area contributed by atoms with E-state index in [4.69, 9.17) is 4.74 Å². The van der Waals surface area contributed by atoms with E-state index < -0.39 is 10.0 Å². The number of hydrogen-bond donors (Lipinski definition) is 1. The second-order valence-electron chi connectivity index (χ2n) is 6.36. The summed E-state index contributed by atoms with van der Waals surface area (Å²) in [5.74, 6) is 0.240. The van der Waals surface area contributed by atoms with Crippen molar-refractivity contribution in [3.63, 3.8) is 0 Å². The summed E-state index contributed by atoms with van der Waals surface area (Å²) in [7, 11) is -2.25. The van der Waals surface area contributed by atoms with Gasteiger partial charge in [-0.2, -0.15) is 4.31 Å². The molecule has 0 heterocycles. The van der Waals surface area contributed by atoms with Crippen molar-refractivity contribution in [2.24, 2.45) is 0 Å². The minimum absolute atomic E-state index is 0.141. The number of ether oxygens (including phenoxy) is 1. The Morgan fingerprint density at radius 3 is 2.41 bits per heavy atom. The number of carbonyl (C=O) groups is 1. The Balaban J connectivity index is 2.21. The molecule has 0 fully saturated rings. The van der Waals surface area contributed by atoms with E-state index in [1.54, 1.807) is 32.0 Å². The first-order valence-corrected chi connectivity index (χ1v) is 10.2. The zero-order valence-corrected chi connectivity index (χ0v) is 17.2. The van der Waals surface area contributed by atoms with E-state index in [-0.39, 0.29) is 23.9 Å². The number of rotatable bonds is 7. The third-order valence-electron chi connectivity index (χ3n) is 4.56. The molecule has 7 heteroatoms. The Kier molecular flexibility index (Phi) is 6.62. The van der Waals surface area contributed by atoms with Crippen molar-refractivity contribution in [1.29, 1.82) is 0 Å². The van der Waals surface area contributed by atoms with Gasteiger partial charge in [0.2, 0.25) is 15.9 Å². The highest BCUT2D eigenvalue weighted by Crippen LogP contribution is 2.24. The molecule has 0 aliphatic carbocycles. The molecule has 146 valence electrons. The lowest BCUT2D eigenvalue weighted by atomic mass is 10.1. The lowest BCUT2D eigenvalue weighted by Crippen LogP contribution is -2.38. The van der Waals surface area contributed by atoms with Gasteiger partial charge in [-0.05, 0) is 61.7 Å². The van der Waals surface area contributed by atoms with Crippen molar-refractivity contribution in [1.82, 2.24) is 4.31 Å². The standard InChI is InChI=1S/C20H26N2O4S/c1-6-22(13-20(23)21-18-9-7-8-14(2)16(18)4)27(24,25)17-10-11-19(26-5)15(3)12-17/h7-12H,6,13H2,1-5H3,(H,21,23). The van der Waals surface area contributed by atoms with Crippen LogP contribution in [0, 0.1) is 20.8 Å². The van der Waals surface area contributed by atoms with Gasteiger partial charge in [-0.1, -0.05) is 19.1 Å². The van der Waals surface area contributed by atoms with Crippen LogP contribution in [0.4, 0.5) is 5.69 Å². The number of hydrogen-bond acceptors (Lipinski definition) is 4. The molecule has 6 nitrogen and oxygen atoms in total. The van der Waals surface area contributed by atoms with Crippen LogP contribution < -0.4 is 10.1 Å². The number of amides is 1. The first-order chi connectivity index (χ1) is 12.7. The molecule has 2 rings (SSSR count). The lowest BCUT2D eigenvalue weighted by Gasteiger charge is -2.21. The Bertz CT molecular complexity index is 939. The third kappa shape index (κ3) is 4.67. The van der Waals surface area contributed by atoms with Crippen molar-refractivity contribution < 1.29 is 17.9 Å². The normalized spacial score (nSPS) is 11.5. The highest BCUT2D eigenvalue weighted by molar-refractivity contribution is 7.89. The molecular formula is C20H26N2O4S. The van der Waals surface area contributed by atoms with E-state index in [0.717, 1.165) is 21.0 Å². The summed E-state index contributed by atoms with van der Waals surface area (Å²) in [4.78, 5) is 12.6. The summed E-state index contributed by atoms with van der Waals surface area (Å²) < 4.78 is 32.2. The van der Waals surface area contributed by atoms with Gasteiger partial charge < -0.3 is 10.1 Å². The molecule has 1 N–H and O–H groups in total. The Morgan fingerprint density at radius 2 is 1.81 bits per heavy atom. The van der Waals surface area contributed by atoms with E-state index in [0.29, 0.717) is 11.4 Å². The van der Waals surface area contributed by atoms with Gasteiger partial charge in [0.1, 0.15) is 5.75 Å². The molecule has 0 atom stereocenters. The predicted octanol–water partition coefficient (Wildman–Crippen LogP) is 3.27. The molecule has 1 amide bonds. The third-order valence-corrected chi connectivity index (χ3v) is 6.47. The molecule has 0 unspecified atom stereocenters. The first kappa shape index (κ1) is 20.9. The van der Waals surface area contributed by atoms with Gasteiger partial charge in [-0.25, -0.2) is 8.42 Å². The molecule has 0 saturated carbocycles. The SMILES string of the molecule is CCN(CC(=O)Nc1cccc(C)c1C)S(=O)(=O)c1ccc(OC)c(C)c1. The summed E-state index contributed by atoms with van der Waals surface area (Å²) in [6.45, 7) is 7.30. The highest BCUT2D eigenvalue weighted by Gasteiger charge is 2.26. The highest BCUT2D eigenvalue weighted by atomic mass is 32.2. The van der Waals surface area contributed by atoms with Crippen LogP contribution in [-0.4, -0.2) is 38.8 Å². The molecule has 0 radical (unpaired) electrons. The smallest absolute Gasteiger partial charge is 0.243 e. The zero-order chi connectivity index (χ0) is 20.2. The average molecular weight is 391 g/mol. The molecule has 0 aliphatic rings. The van der Waals surface area contributed by atoms with Crippen LogP contribution in [-0.2, 0) is 14.8 Å². The van der Waals surface area contributed by atoms with Crippen LogP contribution in [0.5, 0.6) is 5.75 Å². The van der Waals surface area contributed by atoms with E-state index in [2.05, 4.69) is 5.32 Å².